The Morgan fingerprint density at radius 1 is 1.27 bits per heavy atom. The Balaban J connectivity index is 1.85. The van der Waals surface area contributed by atoms with Crippen molar-refractivity contribution >= 4 is 13.7 Å². The number of benzene rings is 1. The first-order valence-corrected chi connectivity index (χ1v) is 9.10. The number of nitrogens with one attached hydrogen (secondary N) is 1. The molecule has 0 amide bonds. The van der Waals surface area contributed by atoms with E-state index in [4.69, 9.17) is 9.26 Å². The van der Waals surface area contributed by atoms with Gasteiger partial charge in [-0.3, -0.25) is 4.79 Å². The molecule has 0 spiro atoms. The minimum atomic E-state index is -4.13. The van der Waals surface area contributed by atoms with Crippen LogP contribution in [-0.4, -0.2) is 23.0 Å². The van der Waals surface area contributed by atoms with Crippen molar-refractivity contribution < 1.29 is 23.5 Å². The molecule has 0 radical (unpaired) electrons. The van der Waals surface area contributed by atoms with Crippen LogP contribution >= 0.6 is 7.75 Å². The van der Waals surface area contributed by atoms with Gasteiger partial charge >= 0.3 is 13.7 Å². The summed E-state index contributed by atoms with van der Waals surface area (Å²) in [6, 6.07) is 7.37. The molecular weight excluding hydrogens is 305 g/mol. The highest BCUT2D eigenvalue weighted by Crippen LogP contribution is 2.38. The van der Waals surface area contributed by atoms with Crippen LogP contribution in [0.15, 0.2) is 30.3 Å². The second kappa shape index (κ2) is 7.77. The maximum atomic E-state index is 12.0. The lowest BCUT2D eigenvalue weighted by Crippen LogP contribution is -2.36. The number of esters is 1. The number of carbonyl (C=O) groups is 1. The molecule has 1 aromatic rings. The molecule has 6 nitrogen and oxygen atoms in total. The number of hydrogen-bond acceptors (Lipinski definition) is 4. The first kappa shape index (κ1) is 17.0. The molecule has 1 aliphatic rings. The summed E-state index contributed by atoms with van der Waals surface area (Å²) in [7, 11) is -4.13. The second-order valence-corrected chi connectivity index (χ2v) is 6.95. The fraction of sp³-hybridized carbons (Fsp3) is 0.533. The van der Waals surface area contributed by atoms with Crippen molar-refractivity contribution in [1.29, 1.82) is 0 Å². The zero-order valence-corrected chi connectivity index (χ0v) is 13.5. The Hall–Kier alpha value is -1.36. The van der Waals surface area contributed by atoms with Crippen LogP contribution in [0.4, 0.5) is 0 Å². The molecule has 122 valence electrons. The summed E-state index contributed by atoms with van der Waals surface area (Å²) in [6.45, 7) is 1.49. The highest BCUT2D eigenvalue weighted by atomic mass is 31.2. The Labute approximate surface area is 130 Å². The molecule has 0 aliphatic heterocycles. The van der Waals surface area contributed by atoms with Crippen LogP contribution in [0.3, 0.4) is 0 Å². The molecular formula is C15H22NO5P. The maximum Gasteiger partial charge on any atom is 0.456 e. The van der Waals surface area contributed by atoms with Gasteiger partial charge in [0.1, 0.15) is 17.9 Å². The lowest BCUT2D eigenvalue weighted by atomic mass is 9.98. The molecule has 2 rings (SSSR count). The lowest BCUT2D eigenvalue weighted by Gasteiger charge is -2.24. The molecule has 0 heterocycles. The molecule has 2 unspecified atom stereocenters. The predicted octanol–water partition coefficient (Wildman–Crippen LogP) is 3.02. The van der Waals surface area contributed by atoms with Gasteiger partial charge in [0.15, 0.2) is 0 Å². The third-order valence-corrected chi connectivity index (χ3v) is 4.69. The lowest BCUT2D eigenvalue weighted by molar-refractivity contribution is -0.152. The maximum absolute atomic E-state index is 12.0. The Kier molecular flexibility index (Phi) is 6.00. The van der Waals surface area contributed by atoms with Gasteiger partial charge in [-0.25, -0.2) is 4.57 Å². The van der Waals surface area contributed by atoms with E-state index in [2.05, 4.69) is 5.09 Å². The molecule has 1 saturated carbocycles. The van der Waals surface area contributed by atoms with Gasteiger partial charge in [0, 0.05) is 0 Å². The van der Waals surface area contributed by atoms with Gasteiger partial charge in [-0.15, -0.1) is 0 Å². The average molecular weight is 327 g/mol. The third kappa shape index (κ3) is 5.44. The molecule has 1 fully saturated rings. The van der Waals surface area contributed by atoms with Crippen LogP contribution in [0.5, 0.6) is 5.75 Å². The van der Waals surface area contributed by atoms with E-state index in [1.165, 1.54) is 13.3 Å². The summed E-state index contributed by atoms with van der Waals surface area (Å²) in [4.78, 5) is 21.8. The highest BCUT2D eigenvalue weighted by molar-refractivity contribution is 7.51. The molecule has 1 aromatic carbocycles. The van der Waals surface area contributed by atoms with E-state index < -0.39 is 19.8 Å². The molecule has 2 N–H and O–H groups in total. The molecule has 0 bridgehead atoms. The third-order valence-electron chi connectivity index (χ3n) is 3.52. The minimum Gasteiger partial charge on any atom is -0.461 e. The quantitative estimate of drug-likeness (QED) is 0.617. The summed E-state index contributed by atoms with van der Waals surface area (Å²) in [6.07, 6.45) is 4.90. The van der Waals surface area contributed by atoms with Crippen LogP contribution in [0.25, 0.3) is 0 Å². The van der Waals surface area contributed by atoms with Crippen LogP contribution in [0, 0.1) is 0 Å². The Morgan fingerprint density at radius 3 is 2.55 bits per heavy atom. The van der Waals surface area contributed by atoms with Crippen molar-refractivity contribution in [3.63, 3.8) is 0 Å². The smallest absolute Gasteiger partial charge is 0.456 e. The van der Waals surface area contributed by atoms with Gasteiger partial charge in [-0.2, -0.15) is 5.09 Å². The van der Waals surface area contributed by atoms with Crippen LogP contribution in [0.2, 0.25) is 0 Å². The van der Waals surface area contributed by atoms with E-state index in [0.29, 0.717) is 0 Å². The Morgan fingerprint density at radius 2 is 1.91 bits per heavy atom. The Bertz CT molecular complexity index is 530. The number of carbonyl (C=O) groups excluding carboxylic acids is 1. The van der Waals surface area contributed by atoms with E-state index in [0.717, 1.165) is 25.7 Å². The monoisotopic (exact) mass is 327 g/mol. The number of hydrogen-bond donors (Lipinski definition) is 2. The number of para-hydroxylation sites is 1. The van der Waals surface area contributed by atoms with Gasteiger partial charge in [-0.05, 0) is 44.7 Å². The summed E-state index contributed by atoms with van der Waals surface area (Å²) >= 11 is 0. The fourth-order valence-electron chi connectivity index (χ4n) is 2.40. The zero-order valence-electron chi connectivity index (χ0n) is 12.6. The van der Waals surface area contributed by atoms with E-state index in [-0.39, 0.29) is 11.9 Å². The SMILES string of the molecule is CC(NP(=O)(O)Oc1ccccc1)C(=O)OC1CCCCC1. The number of ether oxygens (including phenoxy) is 1. The van der Waals surface area contributed by atoms with Crippen LogP contribution in [0.1, 0.15) is 39.0 Å². The van der Waals surface area contributed by atoms with Gasteiger partial charge in [0.05, 0.1) is 0 Å². The van der Waals surface area contributed by atoms with Crippen LogP contribution in [-0.2, 0) is 14.1 Å². The molecule has 22 heavy (non-hydrogen) atoms. The summed E-state index contributed by atoms with van der Waals surface area (Å²) in [5.41, 5.74) is 0. The standard InChI is InChI=1S/C15H22NO5P/c1-12(15(17)20-13-8-4-2-5-9-13)16-22(18,19)21-14-10-6-3-7-11-14/h3,6-7,10-13H,2,4-5,8-9H2,1H3,(H2,16,18,19). The summed E-state index contributed by atoms with van der Waals surface area (Å²) < 4.78 is 22.4. The van der Waals surface area contributed by atoms with Gasteiger partial charge in [0.25, 0.3) is 0 Å². The first-order chi connectivity index (χ1) is 10.5. The largest absolute Gasteiger partial charge is 0.461 e. The van der Waals surface area contributed by atoms with Crippen molar-refractivity contribution in [3.8, 4) is 5.75 Å². The fourth-order valence-corrected chi connectivity index (χ4v) is 3.45. The van der Waals surface area contributed by atoms with Gasteiger partial charge in [0.2, 0.25) is 0 Å². The van der Waals surface area contributed by atoms with Gasteiger partial charge < -0.3 is 14.2 Å². The molecule has 7 heteroatoms. The topological polar surface area (TPSA) is 84.9 Å². The average Bonchev–Trinajstić information content (AvgIpc) is 2.48. The van der Waals surface area contributed by atoms with Crippen molar-refractivity contribution in [2.24, 2.45) is 0 Å². The van der Waals surface area contributed by atoms with Crippen molar-refractivity contribution in [2.45, 2.75) is 51.2 Å². The van der Waals surface area contributed by atoms with Crippen molar-refractivity contribution in [1.82, 2.24) is 5.09 Å². The van der Waals surface area contributed by atoms with E-state index in [1.54, 1.807) is 30.3 Å². The van der Waals surface area contributed by atoms with Crippen molar-refractivity contribution in [2.75, 3.05) is 0 Å². The summed E-state index contributed by atoms with van der Waals surface area (Å²) in [5, 5.41) is 2.31. The highest BCUT2D eigenvalue weighted by Gasteiger charge is 2.29. The first-order valence-electron chi connectivity index (χ1n) is 7.52. The molecule has 0 saturated heterocycles. The minimum absolute atomic E-state index is 0.0846. The van der Waals surface area contributed by atoms with E-state index in [1.807, 2.05) is 0 Å². The molecule has 2 atom stereocenters. The normalized spacial score (nSPS) is 19.9. The second-order valence-electron chi connectivity index (χ2n) is 5.47. The van der Waals surface area contributed by atoms with Gasteiger partial charge in [-0.1, -0.05) is 24.6 Å². The predicted molar refractivity (Wildman–Crippen MR) is 82.5 cm³/mol. The van der Waals surface area contributed by atoms with Crippen LogP contribution < -0.4 is 9.61 Å². The van der Waals surface area contributed by atoms with Crippen molar-refractivity contribution in [3.05, 3.63) is 30.3 Å². The molecule has 1 aliphatic carbocycles. The number of rotatable bonds is 6. The zero-order chi connectivity index (χ0) is 16.0. The molecule has 0 aromatic heterocycles. The van der Waals surface area contributed by atoms with E-state index in [9.17, 15) is 14.3 Å². The van der Waals surface area contributed by atoms with E-state index >= 15 is 0 Å². The summed E-state index contributed by atoms with van der Waals surface area (Å²) in [5.74, 6) is -0.272.